The summed E-state index contributed by atoms with van der Waals surface area (Å²) >= 11 is 0. The normalized spacial score (nSPS) is 11.9. The third-order valence-electron chi connectivity index (χ3n) is 2.50. The smallest absolute Gasteiger partial charge is 0.134 e. The fourth-order valence-corrected chi connectivity index (χ4v) is 1.75. The molecule has 0 atom stereocenters. The van der Waals surface area contributed by atoms with Gasteiger partial charge in [-0.15, -0.1) is 0 Å². The molecule has 0 aliphatic carbocycles. The maximum Gasteiger partial charge on any atom is 0.134 e. The molecule has 0 saturated carbocycles. The molecule has 0 bridgehead atoms. The average molecular weight is 201 g/mol. The monoisotopic (exact) mass is 201 g/mol. The molecule has 0 saturated heterocycles. The zero-order valence-electron chi connectivity index (χ0n) is 9.28. The fourth-order valence-electron chi connectivity index (χ4n) is 1.75. The molecule has 15 heavy (non-hydrogen) atoms. The van der Waals surface area contributed by atoms with E-state index in [0.29, 0.717) is 0 Å². The summed E-state index contributed by atoms with van der Waals surface area (Å²) in [6, 6.07) is 7.81. The summed E-state index contributed by atoms with van der Waals surface area (Å²) in [6.45, 7) is 6.49. The molecule has 0 radical (unpaired) electrons. The third kappa shape index (κ3) is 1.80. The van der Waals surface area contributed by atoms with E-state index < -0.39 is 0 Å². The fraction of sp³-hybridized carbons (Fsp3) is 0.308. The Labute approximate surface area is 89.6 Å². The molecule has 0 unspecified atom stereocenters. The van der Waals surface area contributed by atoms with E-state index in [-0.39, 0.29) is 11.2 Å². The van der Waals surface area contributed by atoms with Crippen LogP contribution < -0.4 is 0 Å². The molecule has 1 N–H and O–H groups in total. The Bertz CT molecular complexity index is 497. The summed E-state index contributed by atoms with van der Waals surface area (Å²) in [5.74, 6) is 0.216. The van der Waals surface area contributed by atoms with Crippen molar-refractivity contribution in [3.8, 4) is 5.75 Å². The van der Waals surface area contributed by atoms with Crippen molar-refractivity contribution in [2.24, 2.45) is 0 Å². The molecule has 1 heterocycles. The summed E-state index contributed by atoms with van der Waals surface area (Å²) in [5.41, 5.74) is 2.26. The van der Waals surface area contributed by atoms with E-state index in [2.05, 4.69) is 31.8 Å². The van der Waals surface area contributed by atoms with Gasteiger partial charge in [0.25, 0.3) is 0 Å². The Morgan fingerprint density at radius 2 is 1.93 bits per heavy atom. The second-order valence-corrected chi connectivity index (χ2v) is 4.82. The lowest BCUT2D eigenvalue weighted by molar-refractivity contribution is 0.473. The van der Waals surface area contributed by atoms with Gasteiger partial charge in [0.1, 0.15) is 5.75 Å². The van der Waals surface area contributed by atoms with Crippen molar-refractivity contribution in [3.05, 3.63) is 36.0 Å². The maximum atomic E-state index is 9.36. The van der Waals surface area contributed by atoms with Crippen LogP contribution in [0.3, 0.4) is 0 Å². The third-order valence-corrected chi connectivity index (χ3v) is 2.50. The molecule has 1 aromatic carbocycles. The molecule has 2 nitrogen and oxygen atoms in total. The van der Waals surface area contributed by atoms with Crippen molar-refractivity contribution in [3.63, 3.8) is 0 Å². The number of benzene rings is 1. The molecule has 2 aromatic rings. The van der Waals surface area contributed by atoms with Crippen molar-refractivity contribution in [2.75, 3.05) is 0 Å². The van der Waals surface area contributed by atoms with Crippen LogP contribution in [0.2, 0.25) is 0 Å². The van der Waals surface area contributed by atoms with Crippen molar-refractivity contribution in [1.29, 1.82) is 0 Å². The second kappa shape index (κ2) is 3.23. The highest BCUT2D eigenvalue weighted by atomic mass is 16.3. The van der Waals surface area contributed by atoms with Crippen LogP contribution >= 0.6 is 0 Å². The zero-order chi connectivity index (χ0) is 11.1. The first-order chi connectivity index (χ1) is 6.98. The average Bonchev–Trinajstić information content (AvgIpc) is 2.15. The van der Waals surface area contributed by atoms with Gasteiger partial charge in [-0.25, -0.2) is 0 Å². The molecular weight excluding hydrogens is 186 g/mol. The van der Waals surface area contributed by atoms with E-state index in [1.165, 1.54) is 11.8 Å². The summed E-state index contributed by atoms with van der Waals surface area (Å²) in [5, 5.41) is 10.3. The highest BCUT2D eigenvalue weighted by Crippen LogP contribution is 2.29. The van der Waals surface area contributed by atoms with Crippen LogP contribution in [0.4, 0.5) is 0 Å². The largest absolute Gasteiger partial charge is 0.506 e. The van der Waals surface area contributed by atoms with Gasteiger partial charge in [0, 0.05) is 5.39 Å². The number of hydrogen-bond acceptors (Lipinski definition) is 2. The van der Waals surface area contributed by atoms with Crippen LogP contribution in [0.1, 0.15) is 26.3 Å². The van der Waals surface area contributed by atoms with E-state index in [9.17, 15) is 5.11 Å². The van der Waals surface area contributed by atoms with Crippen LogP contribution in [-0.4, -0.2) is 10.1 Å². The molecule has 78 valence electrons. The number of para-hydroxylation sites is 1. The van der Waals surface area contributed by atoms with Gasteiger partial charge in [-0.1, -0.05) is 39.0 Å². The number of aromatic nitrogens is 1. The maximum absolute atomic E-state index is 9.36. The highest BCUT2D eigenvalue weighted by Gasteiger charge is 2.17. The Morgan fingerprint density at radius 3 is 2.60 bits per heavy atom. The van der Waals surface area contributed by atoms with Crippen molar-refractivity contribution in [1.82, 2.24) is 4.98 Å². The Balaban J connectivity index is 2.77. The Hall–Kier alpha value is -1.57. The van der Waals surface area contributed by atoms with Gasteiger partial charge >= 0.3 is 0 Å². The number of rotatable bonds is 0. The quantitative estimate of drug-likeness (QED) is 0.709. The van der Waals surface area contributed by atoms with E-state index in [0.717, 1.165) is 10.9 Å². The van der Waals surface area contributed by atoms with E-state index in [1.807, 2.05) is 12.1 Å². The van der Waals surface area contributed by atoms with Crippen molar-refractivity contribution < 1.29 is 5.11 Å². The van der Waals surface area contributed by atoms with Crippen LogP contribution in [0.25, 0.3) is 10.9 Å². The minimum atomic E-state index is 0.0729. The Morgan fingerprint density at radius 1 is 1.20 bits per heavy atom. The van der Waals surface area contributed by atoms with Crippen LogP contribution in [0.15, 0.2) is 30.5 Å². The van der Waals surface area contributed by atoms with E-state index >= 15 is 0 Å². The van der Waals surface area contributed by atoms with Gasteiger partial charge in [0.05, 0.1) is 11.7 Å². The lowest BCUT2D eigenvalue weighted by Gasteiger charge is -2.20. The van der Waals surface area contributed by atoms with Gasteiger partial charge in [-0.2, -0.15) is 0 Å². The number of hydrogen-bond donors (Lipinski definition) is 1. The molecule has 0 aliphatic rings. The molecule has 0 spiro atoms. The van der Waals surface area contributed by atoms with Crippen LogP contribution in [0.5, 0.6) is 5.75 Å². The van der Waals surface area contributed by atoms with Crippen molar-refractivity contribution in [2.45, 2.75) is 26.2 Å². The summed E-state index contributed by atoms with van der Waals surface area (Å²) < 4.78 is 0. The summed E-state index contributed by atoms with van der Waals surface area (Å²) in [6.07, 6.45) is 1.50. The minimum absolute atomic E-state index is 0.0729. The van der Waals surface area contributed by atoms with Gasteiger partial charge < -0.3 is 5.11 Å². The number of pyridine rings is 1. The SMILES string of the molecule is CC(C)(C)c1cccc2cc(O)cnc12. The summed E-state index contributed by atoms with van der Waals surface area (Å²) in [7, 11) is 0. The van der Waals surface area contributed by atoms with E-state index in [4.69, 9.17) is 0 Å². The van der Waals surface area contributed by atoms with Gasteiger partial charge in [-0.05, 0) is 17.0 Å². The van der Waals surface area contributed by atoms with Gasteiger partial charge in [-0.3, -0.25) is 4.98 Å². The molecule has 0 amide bonds. The number of aromatic hydroxyl groups is 1. The second-order valence-electron chi connectivity index (χ2n) is 4.82. The molecular formula is C13H15NO. The van der Waals surface area contributed by atoms with Gasteiger partial charge in [0.15, 0.2) is 0 Å². The first-order valence-corrected chi connectivity index (χ1v) is 5.07. The lowest BCUT2D eigenvalue weighted by atomic mass is 9.85. The van der Waals surface area contributed by atoms with Gasteiger partial charge in [0.2, 0.25) is 0 Å². The van der Waals surface area contributed by atoms with Crippen molar-refractivity contribution >= 4 is 10.9 Å². The standard InChI is InChI=1S/C13H15NO/c1-13(2,3)11-6-4-5-9-7-10(15)8-14-12(9)11/h4-8,15H,1-3H3. The first kappa shape index (κ1) is 9.97. The zero-order valence-corrected chi connectivity index (χ0v) is 9.28. The van der Waals surface area contributed by atoms with Crippen LogP contribution in [-0.2, 0) is 5.41 Å². The lowest BCUT2D eigenvalue weighted by Crippen LogP contribution is -2.11. The minimum Gasteiger partial charge on any atom is -0.506 e. The summed E-state index contributed by atoms with van der Waals surface area (Å²) in [4.78, 5) is 4.30. The highest BCUT2D eigenvalue weighted by molar-refractivity contribution is 5.83. The molecule has 2 heteroatoms. The molecule has 2 rings (SSSR count). The predicted molar refractivity (Wildman–Crippen MR) is 62.1 cm³/mol. The molecule has 0 aliphatic heterocycles. The number of nitrogens with zero attached hydrogens (tertiary/aromatic N) is 1. The predicted octanol–water partition coefficient (Wildman–Crippen LogP) is 3.24. The topological polar surface area (TPSA) is 33.1 Å². The van der Waals surface area contributed by atoms with E-state index in [1.54, 1.807) is 6.07 Å². The Kier molecular flexibility index (Phi) is 2.14. The van der Waals surface area contributed by atoms with Crippen LogP contribution in [0, 0.1) is 0 Å². The molecule has 1 aromatic heterocycles. The number of fused-ring (bicyclic) bond motifs is 1. The molecule has 0 fully saturated rings. The first-order valence-electron chi connectivity index (χ1n) is 5.07.